The fraction of sp³-hybridized carbons (Fsp3) is 0.192. The zero-order valence-electron chi connectivity index (χ0n) is 16.8. The quantitative estimate of drug-likeness (QED) is 0.326. The summed E-state index contributed by atoms with van der Waals surface area (Å²) in [6, 6.07) is 30.6. The number of nitrogens with zero attached hydrogens (tertiary/aromatic N) is 2. The van der Waals surface area contributed by atoms with Crippen molar-refractivity contribution in [3.8, 4) is 0 Å². The van der Waals surface area contributed by atoms with Gasteiger partial charge in [-0.1, -0.05) is 66.7 Å². The number of para-hydroxylation sites is 2. The van der Waals surface area contributed by atoms with E-state index in [0.717, 1.165) is 26.2 Å². The summed E-state index contributed by atoms with van der Waals surface area (Å²) in [6.07, 6.45) is 1.09. The van der Waals surface area contributed by atoms with Crippen LogP contribution in [0, 0.1) is 0 Å². The molecule has 1 atom stereocenters. The van der Waals surface area contributed by atoms with Gasteiger partial charge >= 0.3 is 0 Å². The van der Waals surface area contributed by atoms with Crippen LogP contribution in [0.4, 0.5) is 5.69 Å². The topological polar surface area (TPSA) is 22.0 Å². The van der Waals surface area contributed by atoms with Gasteiger partial charge < -0.3 is 33.9 Å². The number of rotatable bonds is 2. The molecule has 4 aromatic rings. The fourth-order valence-corrected chi connectivity index (χ4v) is 5.09. The number of fused-ring (bicyclic) bond motifs is 4. The van der Waals surface area contributed by atoms with Crippen LogP contribution >= 0.6 is 0 Å². The highest BCUT2D eigenvalue weighted by Gasteiger charge is 2.40. The maximum Gasteiger partial charge on any atom is 0.219 e. The Labute approximate surface area is 194 Å². The average molecular weight is 505 g/mol. The molecule has 6 rings (SSSR count). The predicted octanol–water partition coefficient (Wildman–Crippen LogP) is 1.79. The molecule has 0 saturated carbocycles. The minimum Gasteiger partial charge on any atom is -1.00 e. The van der Waals surface area contributed by atoms with Crippen LogP contribution in [-0.2, 0) is 6.42 Å². The lowest BCUT2D eigenvalue weighted by atomic mass is 9.86. The summed E-state index contributed by atoms with van der Waals surface area (Å²) >= 11 is 0. The van der Waals surface area contributed by atoms with Crippen molar-refractivity contribution >= 4 is 22.3 Å². The minimum atomic E-state index is 0. The highest BCUT2D eigenvalue weighted by molar-refractivity contribution is 6.07. The first-order chi connectivity index (χ1) is 14.4. The van der Waals surface area contributed by atoms with E-state index >= 15 is 0 Å². The van der Waals surface area contributed by atoms with Crippen molar-refractivity contribution in [1.82, 2.24) is 4.98 Å². The van der Waals surface area contributed by atoms with Crippen molar-refractivity contribution < 1.29 is 28.6 Å². The molecule has 0 bridgehead atoms. The normalized spacial score (nSPS) is 18.0. The second kappa shape index (κ2) is 7.91. The van der Waals surface area contributed by atoms with Crippen molar-refractivity contribution in [2.24, 2.45) is 0 Å². The van der Waals surface area contributed by atoms with Gasteiger partial charge in [0.15, 0.2) is 0 Å². The Hall–Kier alpha value is -2.60. The van der Waals surface area contributed by atoms with E-state index in [-0.39, 0.29) is 24.0 Å². The van der Waals surface area contributed by atoms with Gasteiger partial charge in [0.1, 0.15) is 12.2 Å². The first-order valence-corrected chi connectivity index (χ1v) is 10.4. The maximum atomic E-state index is 3.77. The van der Waals surface area contributed by atoms with Crippen molar-refractivity contribution in [3.63, 3.8) is 0 Å². The molecule has 2 aliphatic rings. The molecular weight excluding hydrogens is 481 g/mol. The van der Waals surface area contributed by atoms with E-state index in [1.165, 1.54) is 39.1 Å². The molecule has 0 spiro atoms. The molecule has 150 valence electrons. The van der Waals surface area contributed by atoms with Gasteiger partial charge in [0.25, 0.3) is 0 Å². The third kappa shape index (κ3) is 3.14. The van der Waals surface area contributed by atoms with Gasteiger partial charge in [0.05, 0.1) is 5.92 Å². The lowest BCUT2D eigenvalue weighted by Gasteiger charge is -2.35. The maximum absolute atomic E-state index is 3.77. The summed E-state index contributed by atoms with van der Waals surface area (Å²) in [7, 11) is 0. The molecule has 0 aliphatic carbocycles. The number of halogens is 1. The van der Waals surface area contributed by atoms with E-state index < -0.39 is 0 Å². The highest BCUT2D eigenvalue weighted by atomic mass is 127. The number of benzene rings is 3. The summed E-state index contributed by atoms with van der Waals surface area (Å²) in [5.74, 6) is 0.345. The molecule has 1 N–H and O–H groups in total. The number of anilines is 1. The minimum absolute atomic E-state index is 0. The summed E-state index contributed by atoms with van der Waals surface area (Å²) in [4.78, 5) is 6.29. The smallest absolute Gasteiger partial charge is 0.219 e. The summed E-state index contributed by atoms with van der Waals surface area (Å²) < 4.78 is 2.59. The van der Waals surface area contributed by atoms with Crippen LogP contribution in [0.2, 0.25) is 0 Å². The zero-order valence-corrected chi connectivity index (χ0v) is 18.9. The van der Waals surface area contributed by atoms with Gasteiger partial charge in [-0.2, -0.15) is 0 Å². The summed E-state index contributed by atoms with van der Waals surface area (Å²) in [5.41, 5.74) is 8.24. The van der Waals surface area contributed by atoms with E-state index in [1.807, 2.05) is 0 Å². The number of H-pyrrole nitrogens is 1. The first-order valence-electron chi connectivity index (χ1n) is 10.4. The van der Waals surface area contributed by atoms with Gasteiger partial charge in [0.2, 0.25) is 12.4 Å². The Kier molecular flexibility index (Phi) is 5.11. The Bertz CT molecular complexity index is 1210. The van der Waals surface area contributed by atoms with Gasteiger partial charge in [0, 0.05) is 29.6 Å². The Morgan fingerprint density at radius 1 is 0.833 bits per heavy atom. The molecule has 3 nitrogen and oxygen atoms in total. The van der Waals surface area contributed by atoms with Crippen molar-refractivity contribution in [2.45, 2.75) is 12.3 Å². The average Bonchev–Trinajstić information content (AvgIpc) is 3.18. The Balaban J connectivity index is 0.00000193. The monoisotopic (exact) mass is 505 g/mol. The molecule has 1 unspecified atom stereocenters. The lowest BCUT2D eigenvalue weighted by molar-refractivity contribution is -0.532. The van der Waals surface area contributed by atoms with E-state index in [1.54, 1.807) is 0 Å². The van der Waals surface area contributed by atoms with Crippen molar-refractivity contribution in [1.29, 1.82) is 0 Å². The molecule has 3 aromatic carbocycles. The fourth-order valence-electron chi connectivity index (χ4n) is 5.09. The number of aromatic nitrogens is 1. The largest absolute Gasteiger partial charge is 1.00 e. The van der Waals surface area contributed by atoms with Crippen LogP contribution in [0.1, 0.15) is 22.7 Å². The third-order valence-corrected chi connectivity index (χ3v) is 6.44. The molecule has 2 aliphatic heterocycles. The first kappa shape index (κ1) is 19.4. The number of hydrogen-bond donors (Lipinski definition) is 1. The lowest BCUT2D eigenvalue weighted by Crippen LogP contribution is -3.00. The Morgan fingerprint density at radius 3 is 2.33 bits per heavy atom. The molecule has 0 radical (unpaired) electrons. The van der Waals surface area contributed by atoms with Gasteiger partial charge in [-0.25, -0.2) is 4.58 Å². The summed E-state index contributed by atoms with van der Waals surface area (Å²) in [6.45, 7) is 3.00. The second-order valence-corrected chi connectivity index (χ2v) is 8.09. The standard InChI is InChI=1S/C26H23N3.HI/c1-3-9-19(10-4-1)23-17-29(20-11-5-2-6-12-20)18-28-16-15-22-21-13-7-8-14-24(21)27-25(22)26(23)28;/h1-14,23H,15-18H2;1H. The van der Waals surface area contributed by atoms with Crippen LogP contribution in [-0.4, -0.2) is 35.0 Å². The van der Waals surface area contributed by atoms with E-state index in [4.69, 9.17) is 0 Å². The second-order valence-electron chi connectivity index (χ2n) is 8.09. The van der Waals surface area contributed by atoms with Crippen molar-refractivity contribution in [2.75, 3.05) is 24.7 Å². The molecule has 0 fully saturated rings. The van der Waals surface area contributed by atoms with Gasteiger partial charge in [-0.15, -0.1) is 0 Å². The van der Waals surface area contributed by atoms with E-state index in [2.05, 4.69) is 99.4 Å². The Morgan fingerprint density at radius 2 is 1.53 bits per heavy atom. The number of hydrogen-bond acceptors (Lipinski definition) is 1. The molecule has 1 aromatic heterocycles. The van der Waals surface area contributed by atoms with Crippen LogP contribution in [0.15, 0.2) is 84.9 Å². The van der Waals surface area contributed by atoms with Crippen LogP contribution in [0.3, 0.4) is 0 Å². The zero-order chi connectivity index (χ0) is 19.2. The molecule has 4 heteroatoms. The van der Waals surface area contributed by atoms with Crippen LogP contribution in [0.25, 0.3) is 10.9 Å². The van der Waals surface area contributed by atoms with Crippen LogP contribution in [0.5, 0.6) is 0 Å². The molecule has 0 amide bonds. The highest BCUT2D eigenvalue weighted by Crippen LogP contribution is 2.34. The molecule has 30 heavy (non-hydrogen) atoms. The van der Waals surface area contributed by atoms with E-state index in [9.17, 15) is 0 Å². The van der Waals surface area contributed by atoms with Gasteiger partial charge in [-0.3, -0.25) is 0 Å². The van der Waals surface area contributed by atoms with Crippen LogP contribution < -0.4 is 28.9 Å². The molecular formula is C26H24IN3. The van der Waals surface area contributed by atoms with Gasteiger partial charge in [-0.05, 0) is 29.3 Å². The number of aromatic amines is 1. The predicted molar refractivity (Wildman–Crippen MR) is 119 cm³/mol. The molecule has 0 saturated heterocycles. The summed E-state index contributed by atoms with van der Waals surface area (Å²) in [5, 5.41) is 1.38. The van der Waals surface area contributed by atoms with Crippen molar-refractivity contribution in [3.05, 3.63) is 102 Å². The number of nitrogens with one attached hydrogen (secondary N) is 1. The SMILES string of the molecule is [I-].c1ccc(C2CN(c3ccccc3)C[N+]3=C2c2[nH]c4ccccc4c2CC3)cc1. The third-order valence-electron chi connectivity index (χ3n) is 6.44. The molecule has 3 heterocycles. The van der Waals surface area contributed by atoms with E-state index in [0.29, 0.717) is 5.92 Å².